The summed E-state index contributed by atoms with van der Waals surface area (Å²) in [7, 11) is 0. The third-order valence-corrected chi connectivity index (χ3v) is 4.02. The molecule has 3 atom stereocenters. The van der Waals surface area contributed by atoms with E-state index in [1.54, 1.807) is 0 Å². The number of carbonyl (C=O) groups is 1. The number of nitrogens with two attached hydrogens (primary N) is 1. The maximum atomic E-state index is 12.5. The second kappa shape index (κ2) is 6.34. The summed E-state index contributed by atoms with van der Waals surface area (Å²) in [6.07, 6.45) is 4.94. The Morgan fingerprint density at radius 2 is 2.12 bits per heavy atom. The molecule has 2 N–H and O–H groups in total. The zero-order chi connectivity index (χ0) is 13.0. The highest BCUT2D eigenvalue weighted by Gasteiger charge is 2.36. The summed E-state index contributed by atoms with van der Waals surface area (Å²) < 4.78 is 0. The molecule has 1 saturated heterocycles. The normalized spacial score (nSPS) is 25.9. The summed E-state index contributed by atoms with van der Waals surface area (Å²) in [6.45, 7) is 6.32. The van der Waals surface area contributed by atoms with Crippen molar-refractivity contribution in [2.75, 3.05) is 0 Å². The monoisotopic (exact) mass is 256 g/mol. The first-order valence-corrected chi connectivity index (χ1v) is 7.05. The molecule has 0 radical (unpaired) electrons. The van der Waals surface area contributed by atoms with Crippen LogP contribution in [0.25, 0.3) is 0 Å². The van der Waals surface area contributed by atoms with Crippen molar-refractivity contribution in [2.24, 2.45) is 11.7 Å². The van der Waals surface area contributed by atoms with Gasteiger partial charge in [-0.05, 0) is 32.6 Å². The van der Waals surface area contributed by atoms with Gasteiger partial charge >= 0.3 is 0 Å². The first-order chi connectivity index (χ1) is 8.02. The Labute approximate surface area is 110 Å². The van der Waals surface area contributed by atoms with Gasteiger partial charge in [0.1, 0.15) is 0 Å². The molecule has 3 nitrogen and oxygen atoms in total. The minimum Gasteiger partial charge on any atom is -0.393 e. The van der Waals surface area contributed by atoms with E-state index in [9.17, 15) is 4.79 Å². The van der Waals surface area contributed by atoms with E-state index < -0.39 is 0 Å². The molecule has 0 aromatic heterocycles. The molecule has 3 unspecified atom stereocenters. The molecule has 1 aliphatic rings. The van der Waals surface area contributed by atoms with Crippen molar-refractivity contribution in [1.29, 1.82) is 0 Å². The molecule has 0 bridgehead atoms. The van der Waals surface area contributed by atoms with Gasteiger partial charge in [-0.3, -0.25) is 4.79 Å². The van der Waals surface area contributed by atoms with Gasteiger partial charge in [-0.2, -0.15) is 0 Å². The summed E-state index contributed by atoms with van der Waals surface area (Å²) in [5.41, 5.74) is 5.71. The Balaban J connectivity index is 2.81. The number of hydrogen-bond acceptors (Lipinski definition) is 2. The first kappa shape index (κ1) is 14.4. The molecule has 0 spiro atoms. The lowest BCUT2D eigenvalue weighted by atomic mass is 10.0. The standard InChI is InChI=1S/C13H24N2OS/c1-4-6-11(12(14)17)13(16)15-9(3)7-8-10(15)5-2/h9-11H,4-8H2,1-3H3,(H2,14,17). The van der Waals surface area contributed by atoms with Crippen LogP contribution in [0.3, 0.4) is 0 Å². The average molecular weight is 256 g/mol. The molecule has 17 heavy (non-hydrogen) atoms. The van der Waals surface area contributed by atoms with E-state index in [2.05, 4.69) is 20.8 Å². The zero-order valence-corrected chi connectivity index (χ0v) is 11.9. The summed E-state index contributed by atoms with van der Waals surface area (Å²) in [5, 5.41) is 0. The van der Waals surface area contributed by atoms with E-state index >= 15 is 0 Å². The van der Waals surface area contributed by atoms with Crippen molar-refractivity contribution >= 4 is 23.1 Å². The van der Waals surface area contributed by atoms with E-state index in [1.165, 1.54) is 0 Å². The van der Waals surface area contributed by atoms with Crippen LogP contribution in [-0.2, 0) is 4.79 Å². The molecule has 1 fully saturated rings. The third kappa shape index (κ3) is 3.18. The van der Waals surface area contributed by atoms with E-state index in [-0.39, 0.29) is 11.8 Å². The summed E-state index contributed by atoms with van der Waals surface area (Å²) in [6, 6.07) is 0.715. The molecule has 0 saturated carbocycles. The smallest absolute Gasteiger partial charge is 0.232 e. The van der Waals surface area contributed by atoms with Crippen LogP contribution in [0.2, 0.25) is 0 Å². The molecule has 0 aromatic carbocycles. The number of nitrogens with zero attached hydrogens (tertiary/aromatic N) is 1. The Morgan fingerprint density at radius 3 is 2.59 bits per heavy atom. The quantitative estimate of drug-likeness (QED) is 0.769. The molecular formula is C13H24N2OS. The van der Waals surface area contributed by atoms with Crippen LogP contribution in [0.15, 0.2) is 0 Å². The second-order valence-corrected chi connectivity index (χ2v) is 5.45. The predicted octanol–water partition coefficient (Wildman–Crippen LogP) is 2.48. The van der Waals surface area contributed by atoms with Crippen LogP contribution < -0.4 is 5.73 Å². The van der Waals surface area contributed by atoms with Gasteiger partial charge in [-0.25, -0.2) is 0 Å². The fourth-order valence-electron chi connectivity index (χ4n) is 2.73. The van der Waals surface area contributed by atoms with Crippen molar-refractivity contribution in [2.45, 2.75) is 65.0 Å². The Bertz CT molecular complexity index is 293. The predicted molar refractivity (Wildman–Crippen MR) is 74.8 cm³/mol. The van der Waals surface area contributed by atoms with Gasteiger partial charge in [-0.1, -0.05) is 32.5 Å². The zero-order valence-electron chi connectivity index (χ0n) is 11.1. The molecule has 1 heterocycles. The number of hydrogen-bond donors (Lipinski definition) is 1. The van der Waals surface area contributed by atoms with Crippen LogP contribution in [0, 0.1) is 5.92 Å². The lowest BCUT2D eigenvalue weighted by molar-refractivity contribution is -0.136. The third-order valence-electron chi connectivity index (χ3n) is 3.73. The van der Waals surface area contributed by atoms with Crippen molar-refractivity contribution in [3.63, 3.8) is 0 Å². The average Bonchev–Trinajstić information content (AvgIpc) is 2.66. The summed E-state index contributed by atoms with van der Waals surface area (Å²) in [5.74, 6) is -0.110. The van der Waals surface area contributed by atoms with E-state index in [0.717, 1.165) is 32.1 Å². The molecular weight excluding hydrogens is 232 g/mol. The maximum absolute atomic E-state index is 12.5. The van der Waals surface area contributed by atoms with Gasteiger partial charge in [0.25, 0.3) is 0 Å². The largest absolute Gasteiger partial charge is 0.393 e. The van der Waals surface area contributed by atoms with E-state index in [1.807, 2.05) is 4.90 Å². The van der Waals surface area contributed by atoms with Gasteiger partial charge in [0.15, 0.2) is 0 Å². The SMILES string of the molecule is CCCC(C(=O)N1C(C)CCC1CC)C(N)=S. The first-order valence-electron chi connectivity index (χ1n) is 6.64. The fourth-order valence-corrected chi connectivity index (χ4v) is 2.94. The highest BCUT2D eigenvalue weighted by molar-refractivity contribution is 7.80. The van der Waals surface area contributed by atoms with Crippen molar-refractivity contribution in [3.05, 3.63) is 0 Å². The van der Waals surface area contributed by atoms with Crippen LogP contribution in [0.1, 0.15) is 52.9 Å². The molecule has 98 valence electrons. The Kier molecular flexibility index (Phi) is 5.37. The number of likely N-dealkylation sites (tertiary alicyclic amines) is 1. The second-order valence-electron chi connectivity index (χ2n) is 4.98. The molecule has 0 aliphatic carbocycles. The van der Waals surface area contributed by atoms with Gasteiger partial charge in [0.2, 0.25) is 5.91 Å². The number of thiocarbonyl (C=S) groups is 1. The van der Waals surface area contributed by atoms with Gasteiger partial charge in [0, 0.05) is 12.1 Å². The van der Waals surface area contributed by atoms with Crippen LogP contribution in [-0.4, -0.2) is 27.9 Å². The fraction of sp³-hybridized carbons (Fsp3) is 0.846. The van der Waals surface area contributed by atoms with Crippen LogP contribution in [0.4, 0.5) is 0 Å². The summed E-state index contributed by atoms with van der Waals surface area (Å²) >= 11 is 5.04. The molecule has 1 amide bonds. The molecule has 0 aromatic rings. The maximum Gasteiger partial charge on any atom is 0.232 e. The van der Waals surface area contributed by atoms with Crippen molar-refractivity contribution < 1.29 is 4.79 Å². The van der Waals surface area contributed by atoms with Gasteiger partial charge in [-0.15, -0.1) is 0 Å². The number of rotatable bonds is 5. The highest BCUT2D eigenvalue weighted by atomic mass is 32.1. The topological polar surface area (TPSA) is 46.3 Å². The minimum atomic E-state index is -0.260. The number of carbonyl (C=O) groups excluding carboxylic acids is 1. The highest BCUT2D eigenvalue weighted by Crippen LogP contribution is 2.28. The van der Waals surface area contributed by atoms with E-state index in [4.69, 9.17) is 18.0 Å². The lowest BCUT2D eigenvalue weighted by Crippen LogP contribution is -2.46. The Morgan fingerprint density at radius 1 is 1.47 bits per heavy atom. The van der Waals surface area contributed by atoms with Crippen LogP contribution >= 0.6 is 12.2 Å². The summed E-state index contributed by atoms with van der Waals surface area (Å²) in [4.78, 5) is 14.9. The van der Waals surface area contributed by atoms with Gasteiger partial charge < -0.3 is 10.6 Å². The molecule has 4 heteroatoms. The molecule has 1 rings (SSSR count). The van der Waals surface area contributed by atoms with Gasteiger partial charge in [0.05, 0.1) is 10.9 Å². The minimum absolute atomic E-state index is 0.149. The molecule has 1 aliphatic heterocycles. The lowest BCUT2D eigenvalue weighted by Gasteiger charge is -2.31. The number of amides is 1. The van der Waals surface area contributed by atoms with Crippen molar-refractivity contribution in [1.82, 2.24) is 4.90 Å². The van der Waals surface area contributed by atoms with E-state index in [0.29, 0.717) is 17.1 Å². The van der Waals surface area contributed by atoms with Crippen LogP contribution in [0.5, 0.6) is 0 Å². The Hall–Kier alpha value is -0.640. The van der Waals surface area contributed by atoms with Crippen molar-refractivity contribution in [3.8, 4) is 0 Å².